The molecule has 0 unspecified atom stereocenters. The normalized spacial score (nSPS) is 11.6. The van der Waals surface area contributed by atoms with Crippen molar-refractivity contribution in [3.05, 3.63) is 59.7 Å². The largest absolute Gasteiger partial charge is 0.493 e. The first-order valence-electron chi connectivity index (χ1n) is 8.11. The van der Waals surface area contributed by atoms with Crippen LogP contribution in [0.15, 0.2) is 48.5 Å². The van der Waals surface area contributed by atoms with E-state index < -0.39 is 5.60 Å². The molecular weight excluding hydrogens is 302 g/mol. The van der Waals surface area contributed by atoms with Gasteiger partial charge < -0.3 is 14.6 Å². The van der Waals surface area contributed by atoms with Crippen molar-refractivity contribution in [3.63, 3.8) is 0 Å². The van der Waals surface area contributed by atoms with Crippen LogP contribution in [0.2, 0.25) is 0 Å². The monoisotopic (exact) mass is 329 g/mol. The predicted octanol–water partition coefficient (Wildman–Crippen LogP) is 3.48. The smallest absolute Gasteiger partial charge is 0.165 e. The highest BCUT2D eigenvalue weighted by molar-refractivity contribution is 5.46. The number of hydrogen-bond acceptors (Lipinski definition) is 4. The van der Waals surface area contributed by atoms with Crippen LogP contribution < -0.4 is 9.47 Å². The van der Waals surface area contributed by atoms with E-state index in [0.717, 1.165) is 23.6 Å². The lowest BCUT2D eigenvalue weighted by molar-refractivity contribution is 0.0304. The second-order valence-corrected chi connectivity index (χ2v) is 6.60. The Kier molecular flexibility index (Phi) is 6.23. The Bertz CT molecular complexity index is 635. The second kappa shape index (κ2) is 8.18. The van der Waals surface area contributed by atoms with Crippen molar-refractivity contribution in [2.24, 2.45) is 0 Å². The molecule has 0 fully saturated rings. The van der Waals surface area contributed by atoms with Gasteiger partial charge in [-0.1, -0.05) is 42.5 Å². The molecule has 130 valence electrons. The molecule has 2 aromatic carbocycles. The topological polar surface area (TPSA) is 41.9 Å². The summed E-state index contributed by atoms with van der Waals surface area (Å²) in [7, 11) is 3.29. The van der Waals surface area contributed by atoms with Gasteiger partial charge in [-0.3, -0.25) is 4.90 Å². The van der Waals surface area contributed by atoms with Gasteiger partial charge in [0.15, 0.2) is 11.5 Å². The second-order valence-electron chi connectivity index (χ2n) is 6.60. The number of methoxy groups -OCH3 is 2. The van der Waals surface area contributed by atoms with E-state index in [1.807, 2.05) is 50.2 Å². The average molecular weight is 329 g/mol. The molecule has 0 amide bonds. The zero-order valence-electron chi connectivity index (χ0n) is 15.0. The summed E-state index contributed by atoms with van der Waals surface area (Å²) in [6.45, 7) is 5.63. The van der Waals surface area contributed by atoms with Crippen LogP contribution in [0.4, 0.5) is 0 Å². The van der Waals surface area contributed by atoms with E-state index in [1.165, 1.54) is 5.56 Å². The molecule has 0 aromatic heterocycles. The van der Waals surface area contributed by atoms with Crippen LogP contribution in [0, 0.1) is 0 Å². The molecule has 0 radical (unpaired) electrons. The summed E-state index contributed by atoms with van der Waals surface area (Å²) in [5.74, 6) is 1.46. The van der Waals surface area contributed by atoms with Gasteiger partial charge in [0, 0.05) is 25.2 Å². The standard InChI is InChI=1S/C20H27NO3/c1-20(2,22)15-21(13-16-9-6-5-7-10-16)14-17-11-8-12-18(23-3)19(17)24-4/h5-12,22H,13-15H2,1-4H3. The minimum atomic E-state index is -0.777. The molecule has 0 aliphatic heterocycles. The summed E-state index contributed by atoms with van der Waals surface area (Å²) < 4.78 is 10.9. The first-order chi connectivity index (χ1) is 11.4. The lowest BCUT2D eigenvalue weighted by Crippen LogP contribution is -2.38. The molecule has 0 aliphatic rings. The van der Waals surface area contributed by atoms with E-state index in [-0.39, 0.29) is 0 Å². The van der Waals surface area contributed by atoms with Gasteiger partial charge in [0.25, 0.3) is 0 Å². The van der Waals surface area contributed by atoms with Gasteiger partial charge in [0.2, 0.25) is 0 Å². The Hall–Kier alpha value is -2.04. The third-order valence-corrected chi connectivity index (χ3v) is 3.74. The number of para-hydroxylation sites is 1. The summed E-state index contributed by atoms with van der Waals surface area (Å²) in [5.41, 5.74) is 1.47. The fourth-order valence-corrected chi connectivity index (χ4v) is 2.88. The van der Waals surface area contributed by atoms with Gasteiger partial charge in [-0.25, -0.2) is 0 Å². The third-order valence-electron chi connectivity index (χ3n) is 3.74. The Labute approximate surface area is 144 Å². The van der Waals surface area contributed by atoms with Crippen LogP contribution in [0.1, 0.15) is 25.0 Å². The van der Waals surface area contributed by atoms with Crippen molar-refractivity contribution in [1.82, 2.24) is 4.90 Å². The van der Waals surface area contributed by atoms with Crippen molar-refractivity contribution in [1.29, 1.82) is 0 Å². The number of benzene rings is 2. The van der Waals surface area contributed by atoms with E-state index >= 15 is 0 Å². The van der Waals surface area contributed by atoms with E-state index in [0.29, 0.717) is 13.1 Å². The maximum atomic E-state index is 10.3. The van der Waals surface area contributed by atoms with Crippen molar-refractivity contribution in [2.75, 3.05) is 20.8 Å². The zero-order valence-corrected chi connectivity index (χ0v) is 15.0. The lowest BCUT2D eigenvalue weighted by atomic mass is 10.1. The fraction of sp³-hybridized carbons (Fsp3) is 0.400. The first-order valence-corrected chi connectivity index (χ1v) is 8.11. The Balaban J connectivity index is 2.25. The minimum absolute atomic E-state index is 0.558. The SMILES string of the molecule is COc1cccc(CN(Cc2ccccc2)CC(C)(C)O)c1OC. The van der Waals surface area contributed by atoms with Crippen molar-refractivity contribution < 1.29 is 14.6 Å². The van der Waals surface area contributed by atoms with Crippen LogP contribution in [-0.4, -0.2) is 36.4 Å². The van der Waals surface area contributed by atoms with E-state index in [1.54, 1.807) is 14.2 Å². The highest BCUT2D eigenvalue weighted by atomic mass is 16.5. The molecule has 2 aromatic rings. The van der Waals surface area contributed by atoms with Gasteiger partial charge in [-0.2, -0.15) is 0 Å². The van der Waals surface area contributed by atoms with Gasteiger partial charge in [-0.15, -0.1) is 0 Å². The van der Waals surface area contributed by atoms with Crippen molar-refractivity contribution >= 4 is 0 Å². The molecule has 24 heavy (non-hydrogen) atoms. The summed E-state index contributed by atoms with van der Waals surface area (Å²) in [6.07, 6.45) is 0. The number of rotatable bonds is 8. The number of aliphatic hydroxyl groups is 1. The van der Waals surface area contributed by atoms with Crippen LogP contribution >= 0.6 is 0 Å². The van der Waals surface area contributed by atoms with Gasteiger partial charge in [-0.05, 0) is 25.5 Å². The van der Waals surface area contributed by atoms with E-state index in [2.05, 4.69) is 17.0 Å². The number of ether oxygens (including phenoxy) is 2. The van der Waals surface area contributed by atoms with Gasteiger partial charge in [0.1, 0.15) is 0 Å². The van der Waals surface area contributed by atoms with Crippen molar-refractivity contribution in [3.8, 4) is 11.5 Å². The molecule has 0 bridgehead atoms. The Morgan fingerprint density at radius 2 is 1.62 bits per heavy atom. The molecule has 0 atom stereocenters. The van der Waals surface area contributed by atoms with E-state index in [4.69, 9.17) is 9.47 Å². The van der Waals surface area contributed by atoms with Crippen LogP contribution in [0.25, 0.3) is 0 Å². The lowest BCUT2D eigenvalue weighted by Gasteiger charge is -2.29. The maximum absolute atomic E-state index is 10.3. The predicted molar refractivity (Wildman–Crippen MR) is 96.4 cm³/mol. The summed E-state index contributed by atoms with van der Waals surface area (Å²) in [4.78, 5) is 2.21. The van der Waals surface area contributed by atoms with Gasteiger partial charge in [0.05, 0.1) is 19.8 Å². The molecule has 0 heterocycles. The minimum Gasteiger partial charge on any atom is -0.493 e. The molecule has 0 saturated heterocycles. The highest BCUT2D eigenvalue weighted by Crippen LogP contribution is 2.32. The van der Waals surface area contributed by atoms with Crippen molar-refractivity contribution in [2.45, 2.75) is 32.5 Å². The molecule has 0 aliphatic carbocycles. The van der Waals surface area contributed by atoms with Crippen LogP contribution in [0.3, 0.4) is 0 Å². The molecule has 0 spiro atoms. The first kappa shape index (κ1) is 18.3. The molecule has 0 saturated carbocycles. The van der Waals surface area contributed by atoms with Crippen LogP contribution in [0.5, 0.6) is 11.5 Å². The summed E-state index contributed by atoms with van der Waals surface area (Å²) >= 11 is 0. The Morgan fingerprint density at radius 1 is 0.917 bits per heavy atom. The Morgan fingerprint density at radius 3 is 2.21 bits per heavy atom. The average Bonchev–Trinajstić information content (AvgIpc) is 2.54. The molecule has 2 rings (SSSR count). The quantitative estimate of drug-likeness (QED) is 0.805. The molecule has 1 N–H and O–H groups in total. The highest BCUT2D eigenvalue weighted by Gasteiger charge is 2.20. The molecule has 4 heteroatoms. The molecular formula is C20H27NO3. The summed E-state index contributed by atoms with van der Waals surface area (Å²) in [5, 5.41) is 10.3. The van der Waals surface area contributed by atoms with Crippen LogP contribution in [-0.2, 0) is 13.1 Å². The zero-order chi connectivity index (χ0) is 17.6. The third kappa shape index (κ3) is 5.25. The number of nitrogens with zero attached hydrogens (tertiary/aromatic N) is 1. The summed E-state index contributed by atoms with van der Waals surface area (Å²) in [6, 6.07) is 16.1. The molecule has 4 nitrogen and oxygen atoms in total. The van der Waals surface area contributed by atoms with Gasteiger partial charge >= 0.3 is 0 Å². The number of hydrogen-bond donors (Lipinski definition) is 1. The maximum Gasteiger partial charge on any atom is 0.165 e. The van der Waals surface area contributed by atoms with E-state index in [9.17, 15) is 5.11 Å². The fourth-order valence-electron chi connectivity index (χ4n) is 2.88.